The maximum absolute atomic E-state index is 5.90. The van der Waals surface area contributed by atoms with Crippen LogP contribution >= 0.6 is 0 Å². The highest BCUT2D eigenvalue weighted by atomic mass is 16.5. The summed E-state index contributed by atoms with van der Waals surface area (Å²) in [5.74, 6) is 6.66. The number of hydrogen-bond donors (Lipinski definition) is 2. The molecule has 2 unspecified atom stereocenters. The summed E-state index contributed by atoms with van der Waals surface area (Å²) in [6.07, 6.45) is 1.09. The van der Waals surface area contributed by atoms with Gasteiger partial charge in [0, 0.05) is 13.1 Å². The van der Waals surface area contributed by atoms with Crippen LogP contribution in [0.25, 0.3) is 0 Å². The van der Waals surface area contributed by atoms with Crippen LogP contribution in [-0.2, 0) is 4.74 Å². The van der Waals surface area contributed by atoms with Gasteiger partial charge in [-0.15, -0.1) is 0 Å². The van der Waals surface area contributed by atoms with E-state index < -0.39 is 0 Å². The Morgan fingerprint density at radius 1 is 1.38 bits per heavy atom. The number of nitrogens with two attached hydrogens (primary N) is 1. The smallest absolute Gasteiger partial charge is 0.119 e. The molecule has 1 aromatic rings. The van der Waals surface area contributed by atoms with Gasteiger partial charge < -0.3 is 9.47 Å². The zero-order valence-corrected chi connectivity index (χ0v) is 13.0. The van der Waals surface area contributed by atoms with E-state index >= 15 is 0 Å². The lowest BCUT2D eigenvalue weighted by atomic mass is 10.0. The summed E-state index contributed by atoms with van der Waals surface area (Å²) in [6.45, 7) is 8.72. The zero-order chi connectivity index (χ0) is 15.1. The molecule has 0 aliphatic carbocycles. The van der Waals surface area contributed by atoms with E-state index in [2.05, 4.69) is 36.3 Å². The molecular formula is C16H27N3O2. The highest BCUT2D eigenvalue weighted by molar-refractivity contribution is 5.30. The Morgan fingerprint density at radius 3 is 2.76 bits per heavy atom. The number of nitrogens with one attached hydrogen (secondary N) is 1. The van der Waals surface area contributed by atoms with Crippen molar-refractivity contribution in [2.24, 2.45) is 5.84 Å². The van der Waals surface area contributed by atoms with E-state index in [4.69, 9.17) is 15.3 Å². The fourth-order valence-corrected chi connectivity index (χ4v) is 2.63. The molecule has 0 amide bonds. The second-order valence-corrected chi connectivity index (χ2v) is 5.36. The van der Waals surface area contributed by atoms with E-state index in [-0.39, 0.29) is 12.1 Å². The Morgan fingerprint density at radius 2 is 2.14 bits per heavy atom. The van der Waals surface area contributed by atoms with Gasteiger partial charge in [0.2, 0.25) is 0 Å². The molecular weight excluding hydrogens is 266 g/mol. The van der Waals surface area contributed by atoms with Gasteiger partial charge in [-0.3, -0.25) is 16.2 Å². The number of hydrogen-bond acceptors (Lipinski definition) is 5. The van der Waals surface area contributed by atoms with Crippen LogP contribution in [-0.4, -0.2) is 43.9 Å². The van der Waals surface area contributed by atoms with Crippen LogP contribution in [0, 0.1) is 0 Å². The van der Waals surface area contributed by atoms with Crippen LogP contribution < -0.4 is 16.0 Å². The molecule has 5 heteroatoms. The summed E-state index contributed by atoms with van der Waals surface area (Å²) in [7, 11) is 0. The SMILES string of the molecule is CCCOc1ccc(C(NN)C2CN(CC)CCO2)cc1. The molecule has 1 aliphatic heterocycles. The van der Waals surface area contributed by atoms with E-state index in [1.54, 1.807) is 0 Å². The Kier molecular flexibility index (Phi) is 6.45. The minimum atomic E-state index is -0.000393. The van der Waals surface area contributed by atoms with Gasteiger partial charge in [0.05, 0.1) is 25.4 Å². The first-order chi connectivity index (χ1) is 10.3. The van der Waals surface area contributed by atoms with Gasteiger partial charge in [0.25, 0.3) is 0 Å². The van der Waals surface area contributed by atoms with Gasteiger partial charge in [0.1, 0.15) is 5.75 Å². The summed E-state index contributed by atoms with van der Waals surface area (Å²) >= 11 is 0. The van der Waals surface area contributed by atoms with Gasteiger partial charge in [0.15, 0.2) is 0 Å². The molecule has 118 valence electrons. The average Bonchev–Trinajstić information content (AvgIpc) is 2.55. The van der Waals surface area contributed by atoms with Crippen molar-refractivity contribution >= 4 is 0 Å². The fourth-order valence-electron chi connectivity index (χ4n) is 2.63. The lowest BCUT2D eigenvalue weighted by Gasteiger charge is -2.36. The Labute approximate surface area is 127 Å². The third-order valence-electron chi connectivity index (χ3n) is 3.89. The number of benzene rings is 1. The largest absolute Gasteiger partial charge is 0.494 e. The van der Waals surface area contributed by atoms with Crippen LogP contribution in [0.1, 0.15) is 31.9 Å². The minimum absolute atomic E-state index is 0.000393. The molecule has 0 aromatic heterocycles. The summed E-state index contributed by atoms with van der Waals surface area (Å²) in [5.41, 5.74) is 4.03. The average molecular weight is 293 g/mol. The van der Waals surface area contributed by atoms with Gasteiger partial charge in [-0.2, -0.15) is 0 Å². The Hall–Kier alpha value is -1.14. The van der Waals surface area contributed by atoms with Crippen molar-refractivity contribution in [2.45, 2.75) is 32.4 Å². The first kappa shape index (κ1) is 16.2. The van der Waals surface area contributed by atoms with Crippen LogP contribution in [0.15, 0.2) is 24.3 Å². The summed E-state index contributed by atoms with van der Waals surface area (Å²) in [4.78, 5) is 2.39. The highest BCUT2D eigenvalue weighted by Gasteiger charge is 2.28. The number of rotatable bonds is 7. The van der Waals surface area contributed by atoms with E-state index in [9.17, 15) is 0 Å². The van der Waals surface area contributed by atoms with E-state index in [1.807, 2.05) is 12.1 Å². The highest BCUT2D eigenvalue weighted by Crippen LogP contribution is 2.24. The molecule has 0 spiro atoms. The normalized spacial score (nSPS) is 21.2. The second kappa shape index (κ2) is 8.34. The van der Waals surface area contributed by atoms with Crippen molar-refractivity contribution in [2.75, 3.05) is 32.8 Å². The molecule has 1 fully saturated rings. The van der Waals surface area contributed by atoms with Crippen LogP contribution in [0.2, 0.25) is 0 Å². The molecule has 0 bridgehead atoms. The first-order valence-electron chi connectivity index (χ1n) is 7.81. The molecule has 0 radical (unpaired) electrons. The lowest BCUT2D eigenvalue weighted by Crippen LogP contribution is -2.49. The van der Waals surface area contributed by atoms with E-state index in [0.717, 1.165) is 50.6 Å². The predicted octanol–water partition coefficient (Wildman–Crippen LogP) is 1.70. The van der Waals surface area contributed by atoms with Crippen LogP contribution in [0.4, 0.5) is 0 Å². The summed E-state index contributed by atoms with van der Waals surface area (Å²) in [6, 6.07) is 8.11. The molecule has 1 aromatic carbocycles. The van der Waals surface area contributed by atoms with Gasteiger partial charge >= 0.3 is 0 Å². The first-order valence-corrected chi connectivity index (χ1v) is 7.81. The number of ether oxygens (including phenoxy) is 2. The quantitative estimate of drug-likeness (QED) is 0.592. The van der Waals surface area contributed by atoms with Gasteiger partial charge in [-0.1, -0.05) is 26.0 Å². The molecule has 1 aliphatic rings. The predicted molar refractivity (Wildman–Crippen MR) is 84.1 cm³/mol. The molecule has 1 heterocycles. The maximum atomic E-state index is 5.90. The van der Waals surface area contributed by atoms with Gasteiger partial charge in [-0.25, -0.2) is 0 Å². The molecule has 2 rings (SSSR count). The number of hydrazine groups is 1. The monoisotopic (exact) mass is 293 g/mol. The molecule has 5 nitrogen and oxygen atoms in total. The fraction of sp³-hybridized carbons (Fsp3) is 0.625. The molecule has 3 N–H and O–H groups in total. The topological polar surface area (TPSA) is 59.8 Å². The summed E-state index contributed by atoms with van der Waals surface area (Å²) in [5, 5.41) is 0. The number of nitrogens with zero attached hydrogens (tertiary/aromatic N) is 1. The molecule has 0 saturated carbocycles. The van der Waals surface area contributed by atoms with Crippen LogP contribution in [0.3, 0.4) is 0 Å². The van der Waals surface area contributed by atoms with Crippen molar-refractivity contribution in [1.29, 1.82) is 0 Å². The van der Waals surface area contributed by atoms with Crippen molar-refractivity contribution < 1.29 is 9.47 Å². The third kappa shape index (κ3) is 4.41. The maximum Gasteiger partial charge on any atom is 0.119 e. The molecule has 2 atom stereocenters. The molecule has 21 heavy (non-hydrogen) atoms. The number of morpholine rings is 1. The van der Waals surface area contributed by atoms with E-state index in [0.29, 0.717) is 0 Å². The Balaban J connectivity index is 2.02. The molecule has 1 saturated heterocycles. The van der Waals surface area contributed by atoms with Crippen molar-refractivity contribution in [3.05, 3.63) is 29.8 Å². The van der Waals surface area contributed by atoms with Crippen molar-refractivity contribution in [1.82, 2.24) is 10.3 Å². The standard InChI is InChI=1S/C16H27N3O2/c1-3-10-20-14-7-5-13(6-8-14)16(18-17)15-12-19(4-2)9-11-21-15/h5-8,15-16,18H,3-4,9-12,17H2,1-2H3. The van der Waals surface area contributed by atoms with E-state index in [1.165, 1.54) is 0 Å². The van der Waals surface area contributed by atoms with Crippen molar-refractivity contribution in [3.8, 4) is 5.75 Å². The van der Waals surface area contributed by atoms with Gasteiger partial charge in [-0.05, 0) is 30.7 Å². The number of likely N-dealkylation sites (N-methyl/N-ethyl adjacent to an activating group) is 1. The zero-order valence-electron chi connectivity index (χ0n) is 13.0. The van der Waals surface area contributed by atoms with Crippen molar-refractivity contribution in [3.63, 3.8) is 0 Å². The summed E-state index contributed by atoms with van der Waals surface area (Å²) < 4.78 is 11.5. The Bertz CT molecular complexity index is 410. The minimum Gasteiger partial charge on any atom is -0.494 e. The second-order valence-electron chi connectivity index (χ2n) is 5.36. The lowest BCUT2D eigenvalue weighted by molar-refractivity contribution is -0.0456. The van der Waals surface area contributed by atoms with Crippen LogP contribution in [0.5, 0.6) is 5.75 Å². The third-order valence-corrected chi connectivity index (χ3v) is 3.89.